The van der Waals surface area contributed by atoms with Gasteiger partial charge in [0.15, 0.2) is 4.77 Å². The Kier molecular flexibility index (Phi) is 1.73. The Labute approximate surface area is 76.0 Å². The van der Waals surface area contributed by atoms with Crippen molar-refractivity contribution in [2.75, 3.05) is 0 Å². The maximum atomic E-state index is 5.90. The van der Waals surface area contributed by atoms with Crippen molar-refractivity contribution in [1.29, 1.82) is 0 Å². The highest BCUT2D eigenvalue weighted by atomic mass is 32.1. The topological polar surface area (TPSA) is 54.7 Å². The largest absolute Gasteiger partial charge is 0.334 e. The first-order chi connectivity index (χ1) is 5.68. The second-order valence-electron chi connectivity index (χ2n) is 3.17. The maximum Gasteiger partial charge on any atom is 0.197 e. The van der Waals surface area contributed by atoms with Gasteiger partial charge in [-0.2, -0.15) is 0 Å². The number of hydrogen-bond donors (Lipinski definition) is 2. The molecule has 0 saturated heterocycles. The standard InChI is InChI=1S/C8H11N3S/c1-4-7-5(9)2-3-6(7)11-8(12)10-4/h5H,2-3,9H2,1H3,(H,10,11,12). The molecule has 0 aliphatic heterocycles. The molecule has 0 bridgehead atoms. The van der Waals surface area contributed by atoms with Crippen LogP contribution in [0.1, 0.15) is 29.4 Å². The average molecular weight is 181 g/mol. The van der Waals surface area contributed by atoms with Gasteiger partial charge in [-0.1, -0.05) is 0 Å². The van der Waals surface area contributed by atoms with E-state index in [9.17, 15) is 0 Å². The van der Waals surface area contributed by atoms with Crippen LogP contribution in [0.2, 0.25) is 0 Å². The molecule has 0 radical (unpaired) electrons. The molecule has 12 heavy (non-hydrogen) atoms. The van der Waals surface area contributed by atoms with E-state index in [1.54, 1.807) is 0 Å². The summed E-state index contributed by atoms with van der Waals surface area (Å²) in [5.74, 6) is 0. The molecule has 4 heteroatoms. The molecule has 1 aliphatic carbocycles. The molecule has 1 heterocycles. The zero-order chi connectivity index (χ0) is 8.72. The molecule has 2 rings (SSSR count). The van der Waals surface area contributed by atoms with Gasteiger partial charge in [-0.25, -0.2) is 4.98 Å². The normalized spacial score (nSPS) is 21.0. The Bertz CT molecular complexity index is 369. The summed E-state index contributed by atoms with van der Waals surface area (Å²) in [4.78, 5) is 7.27. The van der Waals surface area contributed by atoms with E-state index in [1.165, 1.54) is 5.56 Å². The molecule has 0 aromatic carbocycles. The maximum absolute atomic E-state index is 5.90. The quantitative estimate of drug-likeness (QED) is 0.595. The van der Waals surface area contributed by atoms with Gasteiger partial charge in [-0.15, -0.1) is 0 Å². The molecule has 0 amide bonds. The van der Waals surface area contributed by atoms with E-state index in [0.717, 1.165) is 24.2 Å². The fourth-order valence-electron chi connectivity index (χ4n) is 1.77. The SMILES string of the molecule is Cc1[nH]c(=S)nc2c1C(N)CC2. The van der Waals surface area contributed by atoms with Crippen LogP contribution in [0.5, 0.6) is 0 Å². The molecular weight excluding hydrogens is 170 g/mol. The zero-order valence-electron chi connectivity index (χ0n) is 6.92. The fourth-order valence-corrected chi connectivity index (χ4v) is 2.04. The predicted octanol–water partition coefficient (Wildman–Crippen LogP) is 1.39. The van der Waals surface area contributed by atoms with Crippen molar-refractivity contribution in [2.45, 2.75) is 25.8 Å². The molecule has 0 spiro atoms. The van der Waals surface area contributed by atoms with E-state index in [-0.39, 0.29) is 6.04 Å². The number of aromatic amines is 1. The molecule has 64 valence electrons. The van der Waals surface area contributed by atoms with Crippen LogP contribution in [0.4, 0.5) is 0 Å². The number of fused-ring (bicyclic) bond motifs is 1. The predicted molar refractivity (Wildman–Crippen MR) is 49.4 cm³/mol. The van der Waals surface area contributed by atoms with Gasteiger partial charge in [0, 0.05) is 17.3 Å². The lowest BCUT2D eigenvalue weighted by molar-refractivity contribution is 0.707. The van der Waals surface area contributed by atoms with Crippen molar-refractivity contribution in [3.8, 4) is 0 Å². The smallest absolute Gasteiger partial charge is 0.197 e. The van der Waals surface area contributed by atoms with Crippen LogP contribution in [-0.4, -0.2) is 9.97 Å². The van der Waals surface area contributed by atoms with Crippen LogP contribution < -0.4 is 5.73 Å². The van der Waals surface area contributed by atoms with Gasteiger partial charge in [-0.3, -0.25) is 0 Å². The van der Waals surface area contributed by atoms with Crippen LogP contribution >= 0.6 is 12.2 Å². The fraction of sp³-hybridized carbons (Fsp3) is 0.500. The summed E-state index contributed by atoms with van der Waals surface area (Å²) in [5, 5.41) is 0. The number of H-pyrrole nitrogens is 1. The Morgan fingerprint density at radius 1 is 1.67 bits per heavy atom. The van der Waals surface area contributed by atoms with Gasteiger partial charge in [0.1, 0.15) is 0 Å². The summed E-state index contributed by atoms with van der Waals surface area (Å²) >= 11 is 4.97. The number of rotatable bonds is 0. The summed E-state index contributed by atoms with van der Waals surface area (Å²) in [6, 6.07) is 0.152. The number of nitrogens with two attached hydrogens (primary N) is 1. The minimum Gasteiger partial charge on any atom is -0.334 e. The summed E-state index contributed by atoms with van der Waals surface area (Å²) in [5.41, 5.74) is 9.24. The van der Waals surface area contributed by atoms with Gasteiger partial charge in [0.2, 0.25) is 0 Å². The Hall–Kier alpha value is -0.740. The molecule has 1 unspecified atom stereocenters. The highest BCUT2D eigenvalue weighted by Gasteiger charge is 2.22. The monoisotopic (exact) mass is 181 g/mol. The highest BCUT2D eigenvalue weighted by Crippen LogP contribution is 2.28. The lowest BCUT2D eigenvalue weighted by atomic mass is 10.1. The Morgan fingerprint density at radius 2 is 2.42 bits per heavy atom. The first-order valence-corrected chi connectivity index (χ1v) is 4.44. The number of hydrogen-bond acceptors (Lipinski definition) is 3. The summed E-state index contributed by atoms with van der Waals surface area (Å²) < 4.78 is 0.570. The second kappa shape index (κ2) is 2.64. The number of nitrogens with zero attached hydrogens (tertiary/aromatic N) is 1. The van der Waals surface area contributed by atoms with E-state index >= 15 is 0 Å². The number of aromatic nitrogens is 2. The first kappa shape index (κ1) is 7.89. The number of nitrogens with one attached hydrogen (secondary N) is 1. The van der Waals surface area contributed by atoms with Gasteiger partial charge in [0.25, 0.3) is 0 Å². The molecular formula is C8H11N3S. The highest BCUT2D eigenvalue weighted by molar-refractivity contribution is 7.71. The van der Waals surface area contributed by atoms with Crippen molar-refractivity contribution in [3.05, 3.63) is 21.7 Å². The summed E-state index contributed by atoms with van der Waals surface area (Å²) in [7, 11) is 0. The van der Waals surface area contributed by atoms with Crippen LogP contribution in [0, 0.1) is 11.7 Å². The van der Waals surface area contributed by atoms with E-state index in [4.69, 9.17) is 18.0 Å². The molecule has 1 aromatic rings. The Balaban J connectivity index is 2.68. The van der Waals surface area contributed by atoms with E-state index in [2.05, 4.69) is 9.97 Å². The van der Waals surface area contributed by atoms with Crippen LogP contribution in [0.3, 0.4) is 0 Å². The summed E-state index contributed by atoms with van der Waals surface area (Å²) in [6.07, 6.45) is 1.96. The van der Waals surface area contributed by atoms with Crippen molar-refractivity contribution < 1.29 is 0 Å². The van der Waals surface area contributed by atoms with Gasteiger partial charge >= 0.3 is 0 Å². The minimum atomic E-state index is 0.152. The van der Waals surface area contributed by atoms with Crippen LogP contribution in [0.15, 0.2) is 0 Å². The Morgan fingerprint density at radius 3 is 3.17 bits per heavy atom. The third-order valence-electron chi connectivity index (χ3n) is 2.31. The lowest BCUT2D eigenvalue weighted by Gasteiger charge is -2.06. The zero-order valence-corrected chi connectivity index (χ0v) is 7.74. The van der Waals surface area contributed by atoms with Crippen LogP contribution in [0.25, 0.3) is 0 Å². The molecule has 1 aromatic heterocycles. The second-order valence-corrected chi connectivity index (χ2v) is 3.56. The van der Waals surface area contributed by atoms with Crippen LogP contribution in [-0.2, 0) is 6.42 Å². The average Bonchev–Trinajstić information content (AvgIpc) is 2.31. The third-order valence-corrected chi connectivity index (χ3v) is 2.50. The molecule has 1 aliphatic rings. The molecule has 1 atom stereocenters. The van der Waals surface area contributed by atoms with Gasteiger partial charge < -0.3 is 10.7 Å². The number of aryl methyl sites for hydroxylation is 2. The van der Waals surface area contributed by atoms with Crippen molar-refractivity contribution >= 4 is 12.2 Å². The first-order valence-electron chi connectivity index (χ1n) is 4.04. The molecule has 0 saturated carbocycles. The van der Waals surface area contributed by atoms with Gasteiger partial charge in [0.05, 0.1) is 5.69 Å². The van der Waals surface area contributed by atoms with Crippen molar-refractivity contribution in [3.63, 3.8) is 0 Å². The van der Waals surface area contributed by atoms with Gasteiger partial charge in [-0.05, 0) is 32.0 Å². The van der Waals surface area contributed by atoms with Crippen molar-refractivity contribution in [2.24, 2.45) is 5.73 Å². The molecule has 3 N–H and O–H groups in total. The van der Waals surface area contributed by atoms with Crippen molar-refractivity contribution in [1.82, 2.24) is 9.97 Å². The third kappa shape index (κ3) is 1.07. The van der Waals surface area contributed by atoms with E-state index in [1.807, 2.05) is 6.92 Å². The lowest BCUT2D eigenvalue weighted by Crippen LogP contribution is -2.08. The molecule has 3 nitrogen and oxygen atoms in total. The molecule has 0 fully saturated rings. The van der Waals surface area contributed by atoms with E-state index in [0.29, 0.717) is 4.77 Å². The summed E-state index contributed by atoms with van der Waals surface area (Å²) in [6.45, 7) is 2.00. The van der Waals surface area contributed by atoms with E-state index < -0.39 is 0 Å². The minimum absolute atomic E-state index is 0.152.